The molecule has 0 radical (unpaired) electrons. The first-order valence-corrected chi connectivity index (χ1v) is 9.62. The fraction of sp³-hybridized carbons (Fsp3) is 0.200. The van der Waals surface area contributed by atoms with Gasteiger partial charge in [0.15, 0.2) is 0 Å². The minimum Gasteiger partial charge on any atom is -0.496 e. The molecule has 1 aliphatic heterocycles. The molecule has 1 atom stereocenters. The van der Waals surface area contributed by atoms with Crippen LogP contribution in [0.1, 0.15) is 18.4 Å². The van der Waals surface area contributed by atoms with Crippen LogP contribution in [-0.2, 0) is 14.6 Å². The summed E-state index contributed by atoms with van der Waals surface area (Å²) in [6.45, 7) is 0.325. The predicted octanol–water partition coefficient (Wildman–Crippen LogP) is 3.56. The molecule has 1 aliphatic rings. The topological polar surface area (TPSA) is 63.6 Å². The number of aliphatic hydroxyl groups is 1. The molecule has 0 saturated carbocycles. The van der Waals surface area contributed by atoms with E-state index in [-0.39, 0.29) is 16.2 Å². The second-order valence-corrected chi connectivity index (χ2v) is 7.77. The minimum absolute atomic E-state index is 0.144. The number of hydrogen-bond donors (Lipinski definition) is 1. The number of ether oxygens (including phenoxy) is 1. The molecule has 0 aromatic heterocycles. The van der Waals surface area contributed by atoms with Crippen molar-refractivity contribution in [2.75, 3.05) is 6.61 Å². The van der Waals surface area contributed by atoms with Gasteiger partial charge in [-0.25, -0.2) is 8.42 Å². The van der Waals surface area contributed by atoms with E-state index in [2.05, 4.69) is 0 Å². The van der Waals surface area contributed by atoms with E-state index < -0.39 is 15.9 Å². The van der Waals surface area contributed by atoms with Crippen LogP contribution in [-0.4, -0.2) is 26.2 Å². The molecule has 130 valence electrons. The van der Waals surface area contributed by atoms with Gasteiger partial charge in [0.2, 0.25) is 9.84 Å². The third-order valence-corrected chi connectivity index (χ3v) is 5.97. The average Bonchev–Trinajstić information content (AvgIpc) is 3.10. The maximum absolute atomic E-state index is 12.8. The summed E-state index contributed by atoms with van der Waals surface area (Å²) in [4.78, 5) is 0.521. The second-order valence-electron chi connectivity index (χ2n) is 5.80. The maximum Gasteiger partial charge on any atom is 0.206 e. The lowest BCUT2D eigenvalue weighted by Gasteiger charge is -2.10. The molecule has 2 aromatic rings. The van der Waals surface area contributed by atoms with Crippen molar-refractivity contribution in [3.63, 3.8) is 0 Å². The summed E-state index contributed by atoms with van der Waals surface area (Å²) in [5, 5.41) is 10.2. The Morgan fingerprint density at radius 3 is 2.36 bits per heavy atom. The van der Waals surface area contributed by atoms with Gasteiger partial charge in [-0.15, -0.1) is 0 Å². The van der Waals surface area contributed by atoms with E-state index in [4.69, 9.17) is 4.74 Å². The van der Waals surface area contributed by atoms with Gasteiger partial charge in [-0.05, 0) is 17.7 Å². The molecule has 0 saturated heterocycles. The van der Waals surface area contributed by atoms with Gasteiger partial charge >= 0.3 is 0 Å². The molecule has 4 nitrogen and oxygen atoms in total. The maximum atomic E-state index is 12.8. The zero-order valence-corrected chi connectivity index (χ0v) is 14.5. The number of aliphatic hydroxyl groups excluding tert-OH is 1. The zero-order chi connectivity index (χ0) is 17.7. The third-order valence-electron chi connectivity index (χ3n) is 4.00. The van der Waals surface area contributed by atoms with Crippen LogP contribution in [0.5, 0.6) is 0 Å². The van der Waals surface area contributed by atoms with Gasteiger partial charge in [0, 0.05) is 12.8 Å². The van der Waals surface area contributed by atoms with Gasteiger partial charge < -0.3 is 9.84 Å². The molecular formula is C20H20O4S. The van der Waals surface area contributed by atoms with E-state index in [0.717, 1.165) is 5.56 Å². The fourth-order valence-corrected chi connectivity index (χ4v) is 4.32. The first-order chi connectivity index (χ1) is 12.1. The summed E-state index contributed by atoms with van der Waals surface area (Å²) in [7, 11) is -3.58. The molecule has 1 unspecified atom stereocenters. The molecule has 1 N–H and O–H groups in total. The zero-order valence-electron chi connectivity index (χ0n) is 13.7. The molecule has 0 aliphatic carbocycles. The Balaban J connectivity index is 1.78. The van der Waals surface area contributed by atoms with Crippen molar-refractivity contribution in [1.29, 1.82) is 0 Å². The smallest absolute Gasteiger partial charge is 0.206 e. The molecule has 0 bridgehead atoms. The van der Waals surface area contributed by atoms with Gasteiger partial charge in [-0.2, -0.15) is 0 Å². The lowest BCUT2D eigenvalue weighted by atomic mass is 10.1. The second kappa shape index (κ2) is 7.68. The number of hydrogen-bond acceptors (Lipinski definition) is 4. The first-order valence-electron chi connectivity index (χ1n) is 8.13. The van der Waals surface area contributed by atoms with E-state index in [1.165, 1.54) is 0 Å². The highest BCUT2D eigenvalue weighted by Gasteiger charge is 2.30. The number of benzene rings is 2. The Labute approximate surface area is 148 Å². The highest BCUT2D eigenvalue weighted by atomic mass is 32.2. The van der Waals surface area contributed by atoms with Crippen molar-refractivity contribution in [1.82, 2.24) is 0 Å². The third kappa shape index (κ3) is 4.18. The summed E-state index contributed by atoms with van der Waals surface area (Å²) < 4.78 is 31.0. The SMILES string of the molecule is O=S(=O)(C1=C(CC(O)/C=C/c2ccccc2)OCC1)c1ccccc1. The highest BCUT2D eigenvalue weighted by molar-refractivity contribution is 7.95. The molecule has 25 heavy (non-hydrogen) atoms. The normalized spacial score (nSPS) is 16.2. The van der Waals surface area contributed by atoms with Crippen molar-refractivity contribution in [3.8, 4) is 0 Å². The van der Waals surface area contributed by atoms with Gasteiger partial charge in [-0.1, -0.05) is 60.7 Å². The van der Waals surface area contributed by atoms with Crippen molar-refractivity contribution >= 4 is 15.9 Å². The van der Waals surface area contributed by atoms with Crippen molar-refractivity contribution in [3.05, 3.63) is 83.0 Å². The van der Waals surface area contributed by atoms with Gasteiger partial charge in [0.05, 0.1) is 22.5 Å². The largest absolute Gasteiger partial charge is 0.496 e. The molecule has 0 fully saturated rings. The Kier molecular flexibility index (Phi) is 5.36. The summed E-state index contributed by atoms with van der Waals surface area (Å²) >= 11 is 0. The monoisotopic (exact) mass is 356 g/mol. The Morgan fingerprint density at radius 1 is 1.04 bits per heavy atom. The molecule has 0 amide bonds. The van der Waals surface area contributed by atoms with Crippen LogP contribution >= 0.6 is 0 Å². The van der Waals surface area contributed by atoms with Crippen molar-refractivity contribution in [2.24, 2.45) is 0 Å². The molecular weight excluding hydrogens is 336 g/mol. The molecule has 2 aromatic carbocycles. The lowest BCUT2D eigenvalue weighted by Crippen LogP contribution is -2.09. The van der Waals surface area contributed by atoms with Crippen molar-refractivity contribution in [2.45, 2.75) is 23.8 Å². The summed E-state index contributed by atoms with van der Waals surface area (Å²) in [5.74, 6) is 0.356. The van der Waals surface area contributed by atoms with E-state index in [1.807, 2.05) is 36.4 Å². The highest BCUT2D eigenvalue weighted by Crippen LogP contribution is 2.32. The van der Waals surface area contributed by atoms with Crippen LogP contribution in [0.25, 0.3) is 6.08 Å². The average molecular weight is 356 g/mol. The van der Waals surface area contributed by atoms with Crippen molar-refractivity contribution < 1.29 is 18.3 Å². The van der Waals surface area contributed by atoms with E-state index in [0.29, 0.717) is 18.8 Å². The predicted molar refractivity (Wildman–Crippen MR) is 97.3 cm³/mol. The number of rotatable bonds is 6. The van der Waals surface area contributed by atoms with Crippen LogP contribution in [0.3, 0.4) is 0 Å². The van der Waals surface area contributed by atoms with Gasteiger partial charge in [0.25, 0.3) is 0 Å². The molecule has 3 rings (SSSR count). The standard InChI is InChI=1S/C20H20O4S/c21-17(12-11-16-7-3-1-4-8-16)15-19-20(13-14-24-19)25(22,23)18-9-5-2-6-10-18/h1-12,17,21H,13-15H2/b12-11+. The van der Waals surface area contributed by atoms with Gasteiger partial charge in [0.1, 0.15) is 5.76 Å². The fourth-order valence-electron chi connectivity index (χ4n) is 2.73. The Bertz CT molecular complexity index is 868. The van der Waals surface area contributed by atoms with Crippen LogP contribution in [0, 0.1) is 0 Å². The van der Waals surface area contributed by atoms with Crippen LogP contribution in [0.15, 0.2) is 82.3 Å². The van der Waals surface area contributed by atoms with E-state index >= 15 is 0 Å². The molecule has 5 heteroatoms. The first kappa shape index (κ1) is 17.5. The Morgan fingerprint density at radius 2 is 1.68 bits per heavy atom. The van der Waals surface area contributed by atoms with Crippen LogP contribution < -0.4 is 0 Å². The summed E-state index contributed by atoms with van der Waals surface area (Å²) in [6.07, 6.45) is 3.13. The van der Waals surface area contributed by atoms with E-state index in [1.54, 1.807) is 36.4 Å². The van der Waals surface area contributed by atoms with Crippen LogP contribution in [0.4, 0.5) is 0 Å². The lowest BCUT2D eigenvalue weighted by molar-refractivity contribution is 0.173. The quantitative estimate of drug-likeness (QED) is 0.860. The van der Waals surface area contributed by atoms with E-state index in [9.17, 15) is 13.5 Å². The summed E-state index contributed by atoms with van der Waals surface area (Å²) in [6, 6.07) is 17.9. The Hall–Kier alpha value is -2.37. The van der Waals surface area contributed by atoms with Crippen LogP contribution in [0.2, 0.25) is 0 Å². The molecule has 1 heterocycles. The number of sulfone groups is 1. The minimum atomic E-state index is -3.58. The molecule has 0 spiro atoms. The van der Waals surface area contributed by atoms with Gasteiger partial charge in [-0.3, -0.25) is 0 Å². The summed E-state index contributed by atoms with van der Waals surface area (Å²) in [5.41, 5.74) is 0.972.